The number of pyridine rings is 1. The van der Waals surface area contributed by atoms with Gasteiger partial charge in [-0.1, -0.05) is 0 Å². The van der Waals surface area contributed by atoms with E-state index in [4.69, 9.17) is 0 Å². The molecule has 1 aliphatic heterocycles. The molecule has 3 heterocycles. The van der Waals surface area contributed by atoms with E-state index < -0.39 is 29.0 Å². The molecular formula is C22H23F6N5O2. The number of carbonyl (C=O) groups excluding carboxylic acids is 1. The Labute approximate surface area is 196 Å². The molecule has 35 heavy (non-hydrogen) atoms. The molecule has 2 aromatic heterocycles. The van der Waals surface area contributed by atoms with E-state index in [9.17, 15) is 35.9 Å². The van der Waals surface area contributed by atoms with Gasteiger partial charge in [0.25, 0.3) is 5.56 Å². The molecule has 4 rings (SSSR count). The summed E-state index contributed by atoms with van der Waals surface area (Å²) in [5.74, 6) is -0.0694. The first-order valence-corrected chi connectivity index (χ1v) is 11.1. The van der Waals surface area contributed by atoms with Crippen molar-refractivity contribution < 1.29 is 31.1 Å². The number of hydrogen-bond acceptors (Lipinski definition) is 5. The zero-order valence-corrected chi connectivity index (χ0v) is 18.7. The lowest BCUT2D eigenvalue weighted by Crippen LogP contribution is -2.56. The number of aromatic nitrogens is 3. The number of alkyl halides is 6. The lowest BCUT2D eigenvalue weighted by molar-refractivity contribution is -0.141. The van der Waals surface area contributed by atoms with Crippen LogP contribution >= 0.6 is 0 Å². The number of piperazine rings is 1. The number of rotatable bonds is 4. The molecule has 1 N–H and O–H groups in total. The topological polar surface area (TPSA) is 82.2 Å². The van der Waals surface area contributed by atoms with Gasteiger partial charge in [-0.2, -0.15) is 26.3 Å². The summed E-state index contributed by atoms with van der Waals surface area (Å²) >= 11 is 0. The van der Waals surface area contributed by atoms with Gasteiger partial charge in [0, 0.05) is 50.2 Å². The van der Waals surface area contributed by atoms with Crippen molar-refractivity contribution in [3.63, 3.8) is 0 Å². The van der Waals surface area contributed by atoms with Crippen LogP contribution in [0.15, 0.2) is 29.5 Å². The highest BCUT2D eigenvalue weighted by Gasteiger charge is 2.40. The van der Waals surface area contributed by atoms with Crippen LogP contribution in [0.2, 0.25) is 0 Å². The second-order valence-electron chi connectivity index (χ2n) is 9.08. The fraction of sp³-hybridized carbons (Fsp3) is 0.545. The maximum atomic E-state index is 12.9. The Bertz CT molecular complexity index is 1120. The second-order valence-corrected chi connectivity index (χ2v) is 9.08. The largest absolute Gasteiger partial charge is 0.421 e. The minimum Gasteiger partial charge on any atom is -0.339 e. The van der Waals surface area contributed by atoms with Gasteiger partial charge < -0.3 is 14.8 Å². The number of hydrogen-bond donors (Lipinski definition) is 1. The van der Waals surface area contributed by atoms with Gasteiger partial charge in [-0.25, -0.2) is 9.97 Å². The Morgan fingerprint density at radius 2 is 1.74 bits per heavy atom. The third-order valence-corrected chi connectivity index (χ3v) is 6.54. The number of nitrogens with zero attached hydrogens (tertiary/aromatic N) is 4. The van der Waals surface area contributed by atoms with Crippen LogP contribution in [0.5, 0.6) is 0 Å². The number of nitrogens with one attached hydrogen (secondary N) is 1. The molecule has 190 valence electrons. The van der Waals surface area contributed by atoms with Gasteiger partial charge in [-0.05, 0) is 43.7 Å². The number of amides is 1. The first kappa shape index (κ1) is 25.0. The summed E-state index contributed by atoms with van der Waals surface area (Å²) in [6.45, 7) is 2.92. The number of aromatic amines is 1. The van der Waals surface area contributed by atoms with Gasteiger partial charge in [0.2, 0.25) is 11.9 Å². The zero-order valence-electron chi connectivity index (χ0n) is 18.7. The zero-order chi connectivity index (χ0) is 25.5. The third kappa shape index (κ3) is 5.43. The van der Waals surface area contributed by atoms with Crippen LogP contribution in [0.4, 0.5) is 32.3 Å². The quantitative estimate of drug-likeness (QED) is 0.646. The lowest BCUT2D eigenvalue weighted by atomic mass is 9.71. The number of anilines is 1. The summed E-state index contributed by atoms with van der Waals surface area (Å²) in [7, 11) is 0. The molecule has 2 aromatic rings. The van der Waals surface area contributed by atoms with Crippen molar-refractivity contribution in [2.75, 3.05) is 24.5 Å². The van der Waals surface area contributed by atoms with Gasteiger partial charge in [-0.3, -0.25) is 9.59 Å². The highest BCUT2D eigenvalue weighted by molar-refractivity contribution is 5.80. The van der Waals surface area contributed by atoms with Crippen molar-refractivity contribution >= 4 is 11.9 Å². The van der Waals surface area contributed by atoms with Crippen LogP contribution in [-0.4, -0.2) is 51.4 Å². The van der Waals surface area contributed by atoms with Gasteiger partial charge >= 0.3 is 12.4 Å². The summed E-state index contributed by atoms with van der Waals surface area (Å²) < 4.78 is 77.0. The second kappa shape index (κ2) is 9.15. The summed E-state index contributed by atoms with van der Waals surface area (Å²) in [6, 6.07) is 0.653. The van der Waals surface area contributed by atoms with Crippen LogP contribution in [0.25, 0.3) is 0 Å². The minimum atomic E-state index is -4.73. The molecule has 1 amide bonds. The third-order valence-electron chi connectivity index (χ3n) is 6.54. The van der Waals surface area contributed by atoms with Crippen molar-refractivity contribution in [3.05, 3.63) is 51.7 Å². The van der Waals surface area contributed by atoms with E-state index >= 15 is 0 Å². The molecule has 1 atom stereocenters. The van der Waals surface area contributed by atoms with Gasteiger partial charge in [0.05, 0.1) is 5.56 Å². The van der Waals surface area contributed by atoms with E-state index in [0.29, 0.717) is 44.5 Å². The average Bonchev–Trinajstić information content (AvgIpc) is 2.75. The molecule has 0 unspecified atom stereocenters. The highest BCUT2D eigenvalue weighted by Crippen LogP contribution is 2.38. The molecule has 13 heteroatoms. The average molecular weight is 503 g/mol. The van der Waals surface area contributed by atoms with Crippen molar-refractivity contribution in [2.45, 2.75) is 44.6 Å². The minimum absolute atomic E-state index is 0.0372. The van der Waals surface area contributed by atoms with E-state index in [1.165, 1.54) is 6.20 Å². The Morgan fingerprint density at radius 3 is 2.31 bits per heavy atom. The monoisotopic (exact) mass is 503 g/mol. The van der Waals surface area contributed by atoms with Gasteiger partial charge in [-0.15, -0.1) is 0 Å². The molecule has 0 radical (unpaired) electrons. The Hall–Kier alpha value is -3.12. The Kier molecular flexibility index (Phi) is 6.54. The maximum Gasteiger partial charge on any atom is 0.421 e. The fourth-order valence-corrected chi connectivity index (χ4v) is 4.62. The molecule has 0 bridgehead atoms. The smallest absolute Gasteiger partial charge is 0.339 e. The standard InChI is InChI=1S/C22H23F6N5O2/c1-12-11-32(2-3-33(12)20-30-9-16(10-31-20)21(23,24)25)19(35)15-5-13(6-15)4-14-7-17(22(26,27)28)18(34)29-8-14/h7-10,12-13,15H,2-6,11H2,1H3,(H,29,34)/t12-,13?,15?/m1/s1. The van der Waals surface area contributed by atoms with E-state index in [1.54, 1.807) is 9.80 Å². The Morgan fingerprint density at radius 1 is 1.09 bits per heavy atom. The lowest BCUT2D eigenvalue weighted by Gasteiger charge is -2.43. The molecule has 0 aromatic carbocycles. The van der Waals surface area contributed by atoms with Crippen LogP contribution in [-0.2, 0) is 23.6 Å². The maximum absolute atomic E-state index is 12.9. The number of H-pyrrole nitrogens is 1. The molecule has 1 aliphatic carbocycles. The first-order valence-electron chi connectivity index (χ1n) is 11.1. The van der Waals surface area contributed by atoms with E-state index in [-0.39, 0.29) is 29.7 Å². The van der Waals surface area contributed by atoms with Crippen LogP contribution < -0.4 is 10.5 Å². The number of halogens is 6. The molecule has 2 fully saturated rings. The normalized spacial score (nSPS) is 23.2. The SMILES string of the molecule is C[C@@H]1CN(C(=O)C2CC(Cc3c[nH]c(=O)c(C(F)(F)F)c3)C2)CCN1c1ncc(C(F)(F)F)cn1. The van der Waals surface area contributed by atoms with E-state index in [2.05, 4.69) is 15.0 Å². The van der Waals surface area contributed by atoms with Crippen LogP contribution in [0, 0.1) is 11.8 Å². The molecule has 2 aliphatic rings. The van der Waals surface area contributed by atoms with Crippen molar-refractivity contribution in [1.29, 1.82) is 0 Å². The molecule has 1 saturated heterocycles. The summed E-state index contributed by atoms with van der Waals surface area (Å²) in [5.41, 5.74) is -2.98. The van der Waals surface area contributed by atoms with Crippen molar-refractivity contribution in [3.8, 4) is 0 Å². The highest BCUT2D eigenvalue weighted by atomic mass is 19.4. The predicted octanol–water partition coefficient (Wildman–Crippen LogP) is 3.51. The Balaban J connectivity index is 1.29. The van der Waals surface area contributed by atoms with Crippen LogP contribution in [0.1, 0.15) is 36.5 Å². The molecule has 1 saturated carbocycles. The van der Waals surface area contributed by atoms with Crippen molar-refractivity contribution in [1.82, 2.24) is 19.9 Å². The first-order chi connectivity index (χ1) is 16.3. The van der Waals surface area contributed by atoms with Gasteiger partial charge in [0.1, 0.15) is 5.56 Å². The van der Waals surface area contributed by atoms with Crippen LogP contribution in [0.3, 0.4) is 0 Å². The fourth-order valence-electron chi connectivity index (χ4n) is 4.62. The molecule has 7 nitrogen and oxygen atoms in total. The molecule has 0 spiro atoms. The summed E-state index contributed by atoms with van der Waals surface area (Å²) in [5, 5.41) is 0. The summed E-state index contributed by atoms with van der Waals surface area (Å²) in [4.78, 5) is 37.6. The number of carbonyl (C=O) groups is 1. The van der Waals surface area contributed by atoms with E-state index in [0.717, 1.165) is 18.5 Å². The summed E-state index contributed by atoms with van der Waals surface area (Å²) in [6.07, 6.45) is -5.09. The predicted molar refractivity (Wildman–Crippen MR) is 112 cm³/mol. The molecular weight excluding hydrogens is 480 g/mol. The van der Waals surface area contributed by atoms with Crippen molar-refractivity contribution in [2.24, 2.45) is 11.8 Å². The van der Waals surface area contributed by atoms with E-state index in [1.807, 2.05) is 6.92 Å². The van der Waals surface area contributed by atoms with Gasteiger partial charge in [0.15, 0.2) is 0 Å².